The van der Waals surface area contributed by atoms with Gasteiger partial charge in [0.1, 0.15) is 29.1 Å². The summed E-state index contributed by atoms with van der Waals surface area (Å²) in [5.74, 6) is -2.99. The van der Waals surface area contributed by atoms with E-state index in [1.165, 1.54) is 24.4 Å². The molecule has 144 valence electrons. The van der Waals surface area contributed by atoms with Gasteiger partial charge in [-0.15, -0.1) is 0 Å². The molecule has 3 rings (SSSR count). The highest BCUT2D eigenvalue weighted by atomic mass is 19.1. The van der Waals surface area contributed by atoms with Gasteiger partial charge in [-0.1, -0.05) is 6.07 Å². The van der Waals surface area contributed by atoms with Crippen molar-refractivity contribution in [1.82, 2.24) is 10.7 Å². The molecule has 0 fully saturated rings. The van der Waals surface area contributed by atoms with Crippen molar-refractivity contribution in [1.29, 1.82) is 0 Å². The van der Waals surface area contributed by atoms with Gasteiger partial charge in [-0.05, 0) is 42.0 Å². The zero-order valence-corrected chi connectivity index (χ0v) is 14.3. The largest absolute Gasteiger partial charge is 0.508 e. The lowest BCUT2D eigenvalue weighted by atomic mass is 10.2. The number of carbonyl (C=O) groups excluding carboxylic acids is 2. The highest BCUT2D eigenvalue weighted by Gasteiger charge is 2.29. The number of carbonyl (C=O) groups is 2. The highest BCUT2D eigenvalue weighted by molar-refractivity contribution is 6.07. The Labute approximate surface area is 158 Å². The summed E-state index contributed by atoms with van der Waals surface area (Å²) in [6.45, 7) is 0. The predicted octanol–water partition coefficient (Wildman–Crippen LogP) is 1.48. The Morgan fingerprint density at radius 1 is 1.21 bits per heavy atom. The van der Waals surface area contributed by atoms with Crippen LogP contribution in [0.25, 0.3) is 0 Å². The number of nitrogens with zero attached hydrogens (tertiary/aromatic N) is 2. The Morgan fingerprint density at radius 2 is 1.89 bits per heavy atom. The van der Waals surface area contributed by atoms with E-state index in [1.54, 1.807) is 12.1 Å². The number of phenolic OH excluding ortho intramolecular Hbond substituents is 1. The molecule has 0 aliphatic carbocycles. The molecule has 0 saturated heterocycles. The lowest BCUT2D eigenvalue weighted by Crippen LogP contribution is -2.35. The molecule has 2 aromatic rings. The van der Waals surface area contributed by atoms with Crippen molar-refractivity contribution < 1.29 is 23.5 Å². The molecule has 1 aliphatic rings. The summed E-state index contributed by atoms with van der Waals surface area (Å²) in [5.41, 5.74) is 2.64. The summed E-state index contributed by atoms with van der Waals surface area (Å²) < 4.78 is 27.1. The van der Waals surface area contributed by atoms with Crippen molar-refractivity contribution in [3.8, 4) is 5.75 Å². The predicted molar refractivity (Wildman–Crippen MR) is 97.8 cm³/mol. The maximum atomic E-state index is 13.6. The van der Waals surface area contributed by atoms with Crippen LogP contribution in [0.2, 0.25) is 0 Å². The monoisotopic (exact) mass is 387 g/mol. The van der Waals surface area contributed by atoms with E-state index in [-0.39, 0.29) is 11.7 Å². The third kappa shape index (κ3) is 4.67. The van der Waals surface area contributed by atoms with Gasteiger partial charge in [0.25, 0.3) is 5.91 Å². The molecule has 0 spiro atoms. The maximum absolute atomic E-state index is 13.6. The number of guanidine groups is 1. The topological polar surface area (TPSA) is 115 Å². The SMILES string of the molecule is O=C(C[C@H]1N=C(N/N=C\c2ccc(O)cc2)NC1=O)Nc1c(F)cccc1F. The van der Waals surface area contributed by atoms with E-state index in [4.69, 9.17) is 0 Å². The maximum Gasteiger partial charge on any atom is 0.252 e. The number of hydrogen-bond acceptors (Lipinski definition) is 6. The van der Waals surface area contributed by atoms with Crippen LogP contribution < -0.4 is 16.1 Å². The quantitative estimate of drug-likeness (QED) is 0.459. The molecule has 1 atom stereocenters. The minimum atomic E-state index is -1.05. The van der Waals surface area contributed by atoms with E-state index >= 15 is 0 Å². The number of benzene rings is 2. The Kier molecular flexibility index (Phi) is 5.58. The standard InChI is InChI=1S/C18H15F2N5O3/c19-12-2-1-3-13(20)16(12)23-15(27)8-14-17(28)24-18(22-14)25-21-9-10-4-6-11(26)7-5-10/h1-7,9,14,26H,8H2,(H,23,27)(H2,22,24,25,28)/b21-9-/t14-/m1/s1. The number of halogens is 2. The molecule has 1 aliphatic heterocycles. The average Bonchev–Trinajstić information content (AvgIpc) is 2.99. The van der Waals surface area contributed by atoms with Gasteiger partial charge in [0.15, 0.2) is 0 Å². The molecular weight excluding hydrogens is 372 g/mol. The van der Waals surface area contributed by atoms with Crippen molar-refractivity contribution in [2.75, 3.05) is 5.32 Å². The first-order valence-electron chi connectivity index (χ1n) is 8.13. The summed E-state index contributed by atoms with van der Waals surface area (Å²) >= 11 is 0. The molecular formula is C18H15F2N5O3. The zero-order valence-electron chi connectivity index (χ0n) is 14.3. The van der Waals surface area contributed by atoms with Gasteiger partial charge in [0.2, 0.25) is 11.9 Å². The summed E-state index contributed by atoms with van der Waals surface area (Å²) in [6.07, 6.45) is 1.04. The number of para-hydroxylation sites is 1. The van der Waals surface area contributed by atoms with E-state index in [9.17, 15) is 23.5 Å². The zero-order chi connectivity index (χ0) is 20.1. The van der Waals surface area contributed by atoms with Crippen molar-refractivity contribution in [2.45, 2.75) is 12.5 Å². The fraction of sp³-hybridized carbons (Fsp3) is 0.111. The van der Waals surface area contributed by atoms with Gasteiger partial charge in [-0.25, -0.2) is 19.2 Å². The van der Waals surface area contributed by atoms with Gasteiger partial charge in [0, 0.05) is 0 Å². The number of nitrogens with one attached hydrogen (secondary N) is 3. The lowest BCUT2D eigenvalue weighted by molar-refractivity contribution is -0.123. The number of rotatable bonds is 5. The molecule has 0 bridgehead atoms. The van der Waals surface area contributed by atoms with Crippen molar-refractivity contribution in [2.24, 2.45) is 10.1 Å². The molecule has 1 heterocycles. The van der Waals surface area contributed by atoms with E-state index in [1.807, 2.05) is 0 Å². The van der Waals surface area contributed by atoms with E-state index in [0.717, 1.165) is 12.1 Å². The minimum Gasteiger partial charge on any atom is -0.508 e. The molecule has 4 N–H and O–H groups in total. The van der Waals surface area contributed by atoms with Crippen LogP contribution in [-0.2, 0) is 9.59 Å². The van der Waals surface area contributed by atoms with E-state index in [0.29, 0.717) is 5.56 Å². The fourth-order valence-corrected chi connectivity index (χ4v) is 2.35. The Balaban J connectivity index is 1.57. The summed E-state index contributed by atoms with van der Waals surface area (Å²) in [6, 6.07) is 8.37. The smallest absolute Gasteiger partial charge is 0.252 e. The van der Waals surface area contributed by atoms with Crippen molar-refractivity contribution in [3.63, 3.8) is 0 Å². The first kappa shape index (κ1) is 19.0. The number of hydrogen-bond donors (Lipinski definition) is 4. The molecule has 0 radical (unpaired) electrons. The molecule has 2 aromatic carbocycles. The van der Waals surface area contributed by atoms with Crippen molar-refractivity contribution >= 4 is 29.7 Å². The van der Waals surface area contributed by atoms with Gasteiger partial charge in [-0.3, -0.25) is 14.9 Å². The molecule has 28 heavy (non-hydrogen) atoms. The van der Waals surface area contributed by atoms with Crippen LogP contribution >= 0.6 is 0 Å². The molecule has 2 amide bonds. The number of hydrazone groups is 1. The first-order valence-corrected chi connectivity index (χ1v) is 8.13. The average molecular weight is 387 g/mol. The summed E-state index contributed by atoms with van der Waals surface area (Å²) in [7, 11) is 0. The Hall–Kier alpha value is -3.82. The molecule has 0 unspecified atom stereocenters. The molecule has 10 heteroatoms. The molecule has 8 nitrogen and oxygen atoms in total. The highest BCUT2D eigenvalue weighted by Crippen LogP contribution is 2.18. The Bertz CT molecular complexity index is 940. The van der Waals surface area contributed by atoms with Crippen LogP contribution in [0.1, 0.15) is 12.0 Å². The second-order valence-electron chi connectivity index (χ2n) is 5.79. The number of anilines is 1. The summed E-state index contributed by atoms with van der Waals surface area (Å²) in [4.78, 5) is 27.9. The van der Waals surface area contributed by atoms with Crippen LogP contribution in [0.5, 0.6) is 5.75 Å². The fourth-order valence-electron chi connectivity index (χ4n) is 2.35. The van der Waals surface area contributed by atoms with Gasteiger partial charge >= 0.3 is 0 Å². The molecule has 0 saturated carbocycles. The Morgan fingerprint density at radius 3 is 2.57 bits per heavy atom. The molecule has 0 aromatic heterocycles. The van der Waals surface area contributed by atoms with Gasteiger partial charge < -0.3 is 10.4 Å². The third-order valence-electron chi connectivity index (χ3n) is 3.71. The van der Waals surface area contributed by atoms with Crippen LogP contribution in [0.4, 0.5) is 14.5 Å². The van der Waals surface area contributed by atoms with Crippen LogP contribution in [-0.4, -0.2) is 35.1 Å². The minimum absolute atomic E-state index is 0.0369. The van der Waals surface area contributed by atoms with E-state index in [2.05, 4.69) is 26.2 Å². The van der Waals surface area contributed by atoms with Gasteiger partial charge in [-0.2, -0.15) is 5.10 Å². The normalized spacial score (nSPS) is 16.0. The van der Waals surface area contributed by atoms with E-state index < -0.39 is 41.6 Å². The van der Waals surface area contributed by atoms with Crippen LogP contribution in [0, 0.1) is 11.6 Å². The first-order chi connectivity index (χ1) is 13.4. The van der Waals surface area contributed by atoms with Crippen LogP contribution in [0.15, 0.2) is 52.6 Å². The number of amides is 2. The van der Waals surface area contributed by atoms with Crippen LogP contribution in [0.3, 0.4) is 0 Å². The van der Waals surface area contributed by atoms with Gasteiger partial charge in [0.05, 0.1) is 12.6 Å². The second kappa shape index (κ2) is 8.25. The summed E-state index contributed by atoms with van der Waals surface area (Å²) in [5, 5.41) is 17.6. The number of phenols is 1. The number of aromatic hydroxyl groups is 1. The second-order valence-corrected chi connectivity index (χ2v) is 5.79. The van der Waals surface area contributed by atoms with Crippen molar-refractivity contribution in [3.05, 3.63) is 59.7 Å². The lowest BCUT2D eigenvalue weighted by Gasteiger charge is -2.08. The third-order valence-corrected chi connectivity index (χ3v) is 3.71. The number of aliphatic imine (C=N–C) groups is 1.